The molecule has 3 aromatic carbocycles. The summed E-state index contributed by atoms with van der Waals surface area (Å²) in [5.41, 5.74) is 3.45. The number of carbonyl (C=O) groups excluding carboxylic acids is 1. The Labute approximate surface area is 197 Å². The maximum absolute atomic E-state index is 14.3. The highest BCUT2D eigenvalue weighted by Crippen LogP contribution is 2.36. The van der Waals surface area contributed by atoms with E-state index in [0.29, 0.717) is 33.2 Å². The SMILES string of the molecule is Cc1ccccc1-c1nc2sc(=C3C(=O)N(Cc4ccccc4F)c4ccccc43)c(=O)n2n1. The summed E-state index contributed by atoms with van der Waals surface area (Å²) in [4.78, 5) is 33.4. The van der Waals surface area contributed by atoms with Crippen LogP contribution in [-0.4, -0.2) is 20.5 Å². The van der Waals surface area contributed by atoms with Crippen molar-refractivity contribution in [2.75, 3.05) is 4.90 Å². The number of anilines is 1. The van der Waals surface area contributed by atoms with E-state index >= 15 is 0 Å². The van der Waals surface area contributed by atoms with Crippen molar-refractivity contribution in [3.05, 3.63) is 110 Å². The minimum Gasteiger partial charge on any atom is -0.303 e. The van der Waals surface area contributed by atoms with E-state index in [0.717, 1.165) is 22.5 Å². The Morgan fingerprint density at radius 3 is 2.38 bits per heavy atom. The van der Waals surface area contributed by atoms with Crippen LogP contribution in [0.1, 0.15) is 16.7 Å². The van der Waals surface area contributed by atoms with Gasteiger partial charge < -0.3 is 4.90 Å². The number of aromatic nitrogens is 3. The van der Waals surface area contributed by atoms with E-state index < -0.39 is 5.56 Å². The molecule has 0 spiro atoms. The van der Waals surface area contributed by atoms with E-state index in [1.807, 2.05) is 43.3 Å². The Hall–Kier alpha value is -4.17. The minimum absolute atomic E-state index is 0.0679. The maximum atomic E-state index is 14.3. The highest BCUT2D eigenvalue weighted by atomic mass is 32.1. The van der Waals surface area contributed by atoms with Crippen molar-refractivity contribution in [2.24, 2.45) is 0 Å². The Morgan fingerprint density at radius 2 is 1.62 bits per heavy atom. The largest absolute Gasteiger partial charge is 0.303 e. The molecule has 0 saturated carbocycles. The highest BCUT2D eigenvalue weighted by molar-refractivity contribution is 7.15. The van der Waals surface area contributed by atoms with Crippen LogP contribution in [-0.2, 0) is 11.3 Å². The standard InChI is InChI=1S/C26H17FN4O2S/c1-15-8-2-4-10-17(15)23-28-26-31(29-23)25(33)22(34-26)21-18-11-5-7-13-20(18)30(24(21)32)14-16-9-3-6-12-19(16)27/h2-13H,14H2,1H3. The number of para-hydroxylation sites is 1. The zero-order valence-electron chi connectivity index (χ0n) is 18.0. The molecule has 34 heavy (non-hydrogen) atoms. The van der Waals surface area contributed by atoms with Gasteiger partial charge in [0.2, 0.25) is 4.96 Å². The maximum Gasteiger partial charge on any atom is 0.291 e. The van der Waals surface area contributed by atoms with E-state index in [9.17, 15) is 14.0 Å². The molecule has 166 valence electrons. The average molecular weight is 469 g/mol. The van der Waals surface area contributed by atoms with E-state index in [-0.39, 0.29) is 22.8 Å². The lowest BCUT2D eigenvalue weighted by Gasteiger charge is -2.17. The predicted octanol–water partition coefficient (Wildman–Crippen LogP) is 3.73. The van der Waals surface area contributed by atoms with Gasteiger partial charge in [0.15, 0.2) is 5.82 Å². The molecule has 6 nitrogen and oxygen atoms in total. The van der Waals surface area contributed by atoms with E-state index in [1.54, 1.807) is 30.3 Å². The molecule has 0 atom stereocenters. The van der Waals surface area contributed by atoms with Crippen molar-refractivity contribution in [3.8, 4) is 11.4 Å². The quantitative estimate of drug-likeness (QED) is 0.405. The number of halogens is 1. The lowest BCUT2D eigenvalue weighted by molar-refractivity contribution is -0.113. The van der Waals surface area contributed by atoms with Gasteiger partial charge >= 0.3 is 0 Å². The van der Waals surface area contributed by atoms with E-state index in [2.05, 4.69) is 10.1 Å². The van der Waals surface area contributed by atoms with E-state index in [4.69, 9.17) is 0 Å². The number of rotatable bonds is 3. The van der Waals surface area contributed by atoms with Crippen LogP contribution in [0.2, 0.25) is 0 Å². The third kappa shape index (κ3) is 3.07. The normalized spacial score (nSPS) is 14.8. The molecule has 3 heterocycles. The third-order valence-electron chi connectivity index (χ3n) is 5.98. The minimum atomic E-state index is -0.391. The molecule has 0 saturated heterocycles. The van der Waals surface area contributed by atoms with Crippen LogP contribution < -0.4 is 15.0 Å². The fraction of sp³-hybridized carbons (Fsp3) is 0.0769. The van der Waals surface area contributed by atoms with Gasteiger partial charge in [-0.15, -0.1) is 5.10 Å². The smallest absolute Gasteiger partial charge is 0.291 e. The molecular weight excluding hydrogens is 451 g/mol. The number of benzene rings is 3. The summed E-state index contributed by atoms with van der Waals surface area (Å²) in [6, 6.07) is 21.3. The van der Waals surface area contributed by atoms with Gasteiger partial charge in [-0.3, -0.25) is 9.59 Å². The molecule has 0 aliphatic carbocycles. The zero-order valence-corrected chi connectivity index (χ0v) is 18.8. The lowest BCUT2D eigenvalue weighted by atomic mass is 10.1. The van der Waals surface area contributed by atoms with Crippen LogP contribution in [0, 0.1) is 12.7 Å². The van der Waals surface area contributed by atoms with Crippen molar-refractivity contribution < 1.29 is 9.18 Å². The van der Waals surface area contributed by atoms with Gasteiger partial charge in [0.05, 0.1) is 17.8 Å². The average Bonchev–Trinajstić information content (AvgIpc) is 3.47. The summed E-state index contributed by atoms with van der Waals surface area (Å²) in [5.74, 6) is -0.254. The molecule has 1 aliphatic rings. The number of amides is 1. The summed E-state index contributed by atoms with van der Waals surface area (Å²) in [6.07, 6.45) is 0. The van der Waals surface area contributed by atoms with Crippen LogP contribution in [0.4, 0.5) is 10.1 Å². The second-order valence-corrected chi connectivity index (χ2v) is 9.03. The molecule has 2 aromatic heterocycles. The Morgan fingerprint density at radius 1 is 0.912 bits per heavy atom. The van der Waals surface area contributed by atoms with Crippen LogP contribution in [0.3, 0.4) is 0 Å². The van der Waals surface area contributed by atoms with E-state index in [1.165, 1.54) is 15.5 Å². The summed E-state index contributed by atoms with van der Waals surface area (Å²) < 4.78 is 15.9. The van der Waals surface area contributed by atoms with Crippen molar-refractivity contribution in [2.45, 2.75) is 13.5 Å². The molecule has 1 amide bonds. The molecule has 0 unspecified atom stereocenters. The number of hydrogen-bond acceptors (Lipinski definition) is 5. The van der Waals surface area contributed by atoms with Crippen molar-refractivity contribution >= 4 is 33.5 Å². The second-order valence-electron chi connectivity index (χ2n) is 8.06. The molecular formula is C26H17FN4O2S. The summed E-state index contributed by atoms with van der Waals surface area (Å²) >= 11 is 1.14. The monoisotopic (exact) mass is 468 g/mol. The predicted molar refractivity (Wildman–Crippen MR) is 129 cm³/mol. The first-order chi connectivity index (χ1) is 16.5. The van der Waals surface area contributed by atoms with Gasteiger partial charge in [0.1, 0.15) is 10.3 Å². The van der Waals surface area contributed by atoms with Crippen LogP contribution in [0.25, 0.3) is 21.9 Å². The first kappa shape index (κ1) is 20.4. The van der Waals surface area contributed by atoms with Gasteiger partial charge in [-0.25, -0.2) is 4.39 Å². The Bertz CT molecular complexity index is 1720. The molecule has 0 radical (unpaired) electrons. The third-order valence-corrected chi connectivity index (χ3v) is 7.01. The second kappa shape index (κ2) is 7.71. The number of carbonyl (C=O) groups is 1. The van der Waals surface area contributed by atoms with Crippen LogP contribution in [0.5, 0.6) is 0 Å². The first-order valence-corrected chi connectivity index (χ1v) is 11.5. The van der Waals surface area contributed by atoms with Crippen molar-refractivity contribution in [3.63, 3.8) is 0 Å². The summed E-state index contributed by atoms with van der Waals surface area (Å²) in [5, 5.41) is 4.43. The van der Waals surface area contributed by atoms with Crippen molar-refractivity contribution in [1.82, 2.24) is 14.6 Å². The molecule has 8 heteroatoms. The number of nitrogens with zero attached hydrogens (tertiary/aromatic N) is 4. The fourth-order valence-electron chi connectivity index (χ4n) is 4.28. The number of aryl methyl sites for hydroxylation is 1. The summed E-state index contributed by atoms with van der Waals surface area (Å²) in [6.45, 7) is 2.03. The fourth-order valence-corrected chi connectivity index (χ4v) is 5.27. The molecule has 0 fully saturated rings. The van der Waals surface area contributed by atoms with Gasteiger partial charge in [-0.1, -0.05) is 72.0 Å². The van der Waals surface area contributed by atoms with Crippen LogP contribution >= 0.6 is 11.3 Å². The zero-order chi connectivity index (χ0) is 23.4. The first-order valence-electron chi connectivity index (χ1n) is 10.7. The number of thiazole rings is 1. The molecule has 6 rings (SSSR count). The Kier molecular flexibility index (Phi) is 4.63. The van der Waals surface area contributed by atoms with Gasteiger partial charge in [0, 0.05) is 16.7 Å². The topological polar surface area (TPSA) is 67.6 Å². The number of fused-ring (bicyclic) bond motifs is 2. The summed E-state index contributed by atoms with van der Waals surface area (Å²) in [7, 11) is 0. The highest BCUT2D eigenvalue weighted by Gasteiger charge is 2.34. The Balaban J connectivity index is 1.51. The van der Waals surface area contributed by atoms with Gasteiger partial charge in [-0.2, -0.15) is 9.50 Å². The van der Waals surface area contributed by atoms with Crippen molar-refractivity contribution in [1.29, 1.82) is 0 Å². The van der Waals surface area contributed by atoms with Crippen LogP contribution in [0.15, 0.2) is 77.6 Å². The lowest BCUT2D eigenvalue weighted by Crippen LogP contribution is -2.32. The molecule has 5 aromatic rings. The van der Waals surface area contributed by atoms with Gasteiger partial charge in [0.25, 0.3) is 11.5 Å². The molecule has 0 N–H and O–H groups in total. The van der Waals surface area contributed by atoms with Gasteiger partial charge in [-0.05, 0) is 24.6 Å². The molecule has 1 aliphatic heterocycles. The number of hydrogen-bond donors (Lipinski definition) is 0. The molecule has 0 bridgehead atoms.